The lowest BCUT2D eigenvalue weighted by Crippen LogP contribution is -2.11. The molecule has 88 valence electrons. The van der Waals surface area contributed by atoms with Gasteiger partial charge in [0.25, 0.3) is 0 Å². The number of nitrogens with one attached hydrogen (secondary N) is 1. The zero-order valence-electron chi connectivity index (χ0n) is 9.95. The molecule has 2 rings (SSSR count). The number of ether oxygens (including phenoxy) is 1. The highest BCUT2D eigenvalue weighted by Crippen LogP contribution is 2.28. The first-order valence-electron chi connectivity index (χ1n) is 5.75. The molecule has 1 unspecified atom stereocenters. The molecule has 2 nitrogen and oxygen atoms in total. The Morgan fingerprint density at radius 1 is 1.50 bits per heavy atom. The molecule has 1 atom stereocenters. The Morgan fingerprint density at radius 2 is 2.38 bits per heavy atom. The smallest absolute Gasteiger partial charge is 0.122 e. The SMILES string of the molecule is COc1ccc(SC)cc1CC1CCNC1. The van der Waals surface area contributed by atoms with Gasteiger partial charge in [0, 0.05) is 4.90 Å². The molecule has 0 saturated carbocycles. The largest absolute Gasteiger partial charge is 0.496 e. The first kappa shape index (κ1) is 11.8. The number of hydrogen-bond donors (Lipinski definition) is 1. The van der Waals surface area contributed by atoms with E-state index in [1.54, 1.807) is 18.9 Å². The van der Waals surface area contributed by atoms with Crippen LogP contribution < -0.4 is 10.1 Å². The van der Waals surface area contributed by atoms with Crippen molar-refractivity contribution < 1.29 is 4.74 Å². The van der Waals surface area contributed by atoms with Crippen molar-refractivity contribution in [2.45, 2.75) is 17.7 Å². The van der Waals surface area contributed by atoms with E-state index >= 15 is 0 Å². The molecule has 1 aromatic rings. The standard InChI is InChI=1S/C13H19NOS/c1-15-13-4-3-12(16-2)8-11(13)7-10-5-6-14-9-10/h3-4,8,10,14H,5-7,9H2,1-2H3. The molecule has 1 heterocycles. The highest BCUT2D eigenvalue weighted by Gasteiger charge is 2.17. The Bertz CT molecular complexity index is 348. The minimum Gasteiger partial charge on any atom is -0.496 e. The minimum atomic E-state index is 0.769. The lowest BCUT2D eigenvalue weighted by Gasteiger charge is -2.13. The molecule has 1 aromatic carbocycles. The van der Waals surface area contributed by atoms with Crippen molar-refractivity contribution in [1.29, 1.82) is 0 Å². The zero-order valence-corrected chi connectivity index (χ0v) is 10.8. The third-order valence-corrected chi connectivity index (χ3v) is 3.88. The molecular formula is C13H19NOS. The summed E-state index contributed by atoms with van der Waals surface area (Å²) in [5.41, 5.74) is 1.35. The van der Waals surface area contributed by atoms with E-state index in [1.165, 1.54) is 16.9 Å². The Morgan fingerprint density at radius 3 is 3.00 bits per heavy atom. The van der Waals surface area contributed by atoms with Gasteiger partial charge in [-0.1, -0.05) is 0 Å². The van der Waals surface area contributed by atoms with Gasteiger partial charge in [-0.25, -0.2) is 0 Å². The van der Waals surface area contributed by atoms with E-state index in [0.717, 1.165) is 31.2 Å². The third-order valence-electron chi connectivity index (χ3n) is 3.16. The molecule has 0 radical (unpaired) electrons. The molecular weight excluding hydrogens is 218 g/mol. The quantitative estimate of drug-likeness (QED) is 0.813. The highest BCUT2D eigenvalue weighted by atomic mass is 32.2. The number of hydrogen-bond acceptors (Lipinski definition) is 3. The molecule has 1 aliphatic rings. The Kier molecular flexibility index (Phi) is 4.13. The van der Waals surface area contributed by atoms with Gasteiger partial charge in [-0.05, 0) is 61.9 Å². The average Bonchev–Trinajstić information content (AvgIpc) is 2.82. The molecule has 3 heteroatoms. The lowest BCUT2D eigenvalue weighted by molar-refractivity contribution is 0.405. The molecule has 1 saturated heterocycles. The first-order valence-corrected chi connectivity index (χ1v) is 6.97. The molecule has 1 fully saturated rings. The summed E-state index contributed by atoms with van der Waals surface area (Å²) in [4.78, 5) is 1.32. The van der Waals surface area contributed by atoms with Crippen LogP contribution in [0.2, 0.25) is 0 Å². The van der Waals surface area contributed by atoms with Gasteiger partial charge in [0.1, 0.15) is 5.75 Å². The molecule has 0 amide bonds. The van der Waals surface area contributed by atoms with E-state index in [4.69, 9.17) is 4.74 Å². The van der Waals surface area contributed by atoms with Crippen LogP contribution in [0, 0.1) is 5.92 Å². The lowest BCUT2D eigenvalue weighted by atomic mass is 9.98. The Labute approximate surface area is 102 Å². The highest BCUT2D eigenvalue weighted by molar-refractivity contribution is 7.98. The predicted octanol–water partition coefficient (Wildman–Crippen LogP) is 2.57. The summed E-state index contributed by atoms with van der Waals surface area (Å²) in [7, 11) is 1.75. The van der Waals surface area contributed by atoms with Gasteiger partial charge in [0.05, 0.1) is 7.11 Å². The van der Waals surface area contributed by atoms with Gasteiger partial charge >= 0.3 is 0 Å². The van der Waals surface area contributed by atoms with E-state index in [1.807, 2.05) is 0 Å². The van der Waals surface area contributed by atoms with Crippen molar-refractivity contribution in [2.75, 3.05) is 26.5 Å². The van der Waals surface area contributed by atoms with Crippen LogP contribution in [0.1, 0.15) is 12.0 Å². The van der Waals surface area contributed by atoms with Crippen LogP contribution in [-0.4, -0.2) is 26.5 Å². The van der Waals surface area contributed by atoms with Gasteiger partial charge < -0.3 is 10.1 Å². The molecule has 16 heavy (non-hydrogen) atoms. The van der Waals surface area contributed by atoms with Crippen LogP contribution in [0.25, 0.3) is 0 Å². The molecule has 0 aliphatic carbocycles. The van der Waals surface area contributed by atoms with Crippen molar-refractivity contribution in [3.05, 3.63) is 23.8 Å². The summed E-state index contributed by atoms with van der Waals surface area (Å²) in [5.74, 6) is 1.80. The van der Waals surface area contributed by atoms with Crippen LogP contribution in [-0.2, 0) is 6.42 Å². The van der Waals surface area contributed by atoms with Gasteiger partial charge in [0.15, 0.2) is 0 Å². The fraction of sp³-hybridized carbons (Fsp3) is 0.538. The van der Waals surface area contributed by atoms with Crippen molar-refractivity contribution in [2.24, 2.45) is 5.92 Å². The summed E-state index contributed by atoms with van der Waals surface area (Å²) in [5, 5.41) is 3.41. The van der Waals surface area contributed by atoms with Gasteiger partial charge in [-0.2, -0.15) is 0 Å². The van der Waals surface area contributed by atoms with Crippen molar-refractivity contribution in [1.82, 2.24) is 5.32 Å². The maximum atomic E-state index is 5.43. The number of rotatable bonds is 4. The second-order valence-electron chi connectivity index (χ2n) is 4.24. The topological polar surface area (TPSA) is 21.3 Å². The van der Waals surface area contributed by atoms with E-state index in [0.29, 0.717) is 0 Å². The zero-order chi connectivity index (χ0) is 11.4. The van der Waals surface area contributed by atoms with Gasteiger partial charge in [0.2, 0.25) is 0 Å². The molecule has 1 N–H and O–H groups in total. The maximum absolute atomic E-state index is 5.43. The molecule has 0 spiro atoms. The van der Waals surface area contributed by atoms with E-state index in [2.05, 4.69) is 29.8 Å². The summed E-state index contributed by atoms with van der Waals surface area (Å²) in [6.45, 7) is 2.31. The van der Waals surface area contributed by atoms with Crippen LogP contribution >= 0.6 is 11.8 Å². The predicted molar refractivity (Wildman–Crippen MR) is 69.5 cm³/mol. The fourth-order valence-corrected chi connectivity index (χ4v) is 2.71. The van der Waals surface area contributed by atoms with Crippen LogP contribution in [0.5, 0.6) is 5.75 Å². The second kappa shape index (κ2) is 5.60. The van der Waals surface area contributed by atoms with E-state index < -0.39 is 0 Å². The molecule has 0 aromatic heterocycles. The summed E-state index contributed by atoms with van der Waals surface area (Å²) >= 11 is 1.79. The Hall–Kier alpha value is -0.670. The second-order valence-corrected chi connectivity index (χ2v) is 5.12. The van der Waals surface area contributed by atoms with E-state index in [-0.39, 0.29) is 0 Å². The van der Waals surface area contributed by atoms with Gasteiger partial charge in [-0.15, -0.1) is 11.8 Å². The minimum absolute atomic E-state index is 0.769. The van der Waals surface area contributed by atoms with Crippen molar-refractivity contribution in [3.8, 4) is 5.75 Å². The van der Waals surface area contributed by atoms with Crippen LogP contribution in [0.3, 0.4) is 0 Å². The fourth-order valence-electron chi connectivity index (χ4n) is 2.24. The molecule has 0 bridgehead atoms. The summed E-state index contributed by atoms with van der Waals surface area (Å²) in [6.07, 6.45) is 4.53. The summed E-state index contributed by atoms with van der Waals surface area (Å²) < 4.78 is 5.43. The monoisotopic (exact) mass is 237 g/mol. The third kappa shape index (κ3) is 2.71. The summed E-state index contributed by atoms with van der Waals surface area (Å²) in [6, 6.07) is 6.48. The number of methoxy groups -OCH3 is 1. The average molecular weight is 237 g/mol. The van der Waals surface area contributed by atoms with Crippen LogP contribution in [0.15, 0.2) is 23.1 Å². The number of thioether (sulfide) groups is 1. The first-order chi connectivity index (χ1) is 7.83. The van der Waals surface area contributed by atoms with Crippen LogP contribution in [0.4, 0.5) is 0 Å². The van der Waals surface area contributed by atoms with E-state index in [9.17, 15) is 0 Å². The maximum Gasteiger partial charge on any atom is 0.122 e. The van der Waals surface area contributed by atoms with Crippen molar-refractivity contribution in [3.63, 3.8) is 0 Å². The Balaban J connectivity index is 2.15. The van der Waals surface area contributed by atoms with Gasteiger partial charge in [-0.3, -0.25) is 0 Å². The molecule has 1 aliphatic heterocycles. The van der Waals surface area contributed by atoms with Crippen molar-refractivity contribution >= 4 is 11.8 Å². The normalized spacial score (nSPS) is 20.0. The number of benzene rings is 1.